The molecule has 4 nitrogen and oxygen atoms in total. The van der Waals surface area contributed by atoms with E-state index in [1.807, 2.05) is 12.1 Å². The highest BCUT2D eigenvalue weighted by atomic mass is 16.5. The highest BCUT2D eigenvalue weighted by Gasteiger charge is 2.10. The van der Waals surface area contributed by atoms with Gasteiger partial charge in [-0.3, -0.25) is 4.90 Å². The molecule has 1 aromatic rings. The summed E-state index contributed by atoms with van der Waals surface area (Å²) < 4.78 is 10.3. The average Bonchev–Trinajstić information content (AvgIpc) is 2.76. The first-order valence-corrected chi connectivity index (χ1v) is 5.66. The summed E-state index contributed by atoms with van der Waals surface area (Å²) in [4.78, 5) is 2.26. The molecule has 0 saturated heterocycles. The molecule has 0 aliphatic rings. The van der Waals surface area contributed by atoms with Gasteiger partial charge in [-0.05, 0) is 26.1 Å². The lowest BCUT2D eigenvalue weighted by atomic mass is 10.3. The van der Waals surface area contributed by atoms with Gasteiger partial charge in [-0.15, -0.1) is 0 Å². The van der Waals surface area contributed by atoms with Crippen LogP contribution < -0.4 is 5.32 Å². The first kappa shape index (κ1) is 13.2. The summed E-state index contributed by atoms with van der Waals surface area (Å²) in [5.41, 5.74) is 0. The molecule has 0 aliphatic heterocycles. The molecule has 0 saturated carbocycles. The Morgan fingerprint density at radius 3 is 3.00 bits per heavy atom. The van der Waals surface area contributed by atoms with Crippen LogP contribution in [0.4, 0.5) is 0 Å². The van der Waals surface area contributed by atoms with Gasteiger partial charge in [-0.25, -0.2) is 0 Å². The van der Waals surface area contributed by atoms with Gasteiger partial charge in [0.2, 0.25) is 0 Å². The quantitative estimate of drug-likeness (QED) is 0.679. The second kappa shape index (κ2) is 7.44. The average molecular weight is 226 g/mol. The van der Waals surface area contributed by atoms with E-state index in [0.717, 1.165) is 32.0 Å². The van der Waals surface area contributed by atoms with Crippen molar-refractivity contribution in [1.82, 2.24) is 10.2 Å². The fourth-order valence-corrected chi connectivity index (χ4v) is 1.45. The molecule has 1 N–H and O–H groups in total. The zero-order chi connectivity index (χ0) is 11.8. The van der Waals surface area contributed by atoms with E-state index < -0.39 is 0 Å². The summed E-state index contributed by atoms with van der Waals surface area (Å²) >= 11 is 0. The Morgan fingerprint density at radius 2 is 2.38 bits per heavy atom. The van der Waals surface area contributed by atoms with Gasteiger partial charge in [0.05, 0.1) is 19.4 Å². The second-order valence-corrected chi connectivity index (χ2v) is 4.04. The summed E-state index contributed by atoms with van der Waals surface area (Å²) in [5.74, 6) is 1.01. The lowest BCUT2D eigenvalue weighted by Crippen LogP contribution is -2.38. The van der Waals surface area contributed by atoms with E-state index in [4.69, 9.17) is 9.15 Å². The van der Waals surface area contributed by atoms with E-state index in [1.165, 1.54) is 0 Å². The number of nitrogens with one attached hydrogen (secondary N) is 1. The highest BCUT2D eigenvalue weighted by molar-refractivity contribution is 4.97. The second-order valence-electron chi connectivity index (χ2n) is 4.04. The number of furan rings is 1. The lowest BCUT2D eigenvalue weighted by molar-refractivity contribution is 0.188. The molecule has 1 atom stereocenters. The Kier molecular flexibility index (Phi) is 6.15. The minimum atomic E-state index is 0.474. The SMILES string of the molecule is COCCNCC(C)N(C)Cc1ccco1. The molecule has 0 fully saturated rings. The van der Waals surface area contributed by atoms with E-state index in [2.05, 4.69) is 24.2 Å². The van der Waals surface area contributed by atoms with Gasteiger partial charge in [0.1, 0.15) is 5.76 Å². The maximum absolute atomic E-state index is 5.32. The predicted molar refractivity (Wildman–Crippen MR) is 64.4 cm³/mol. The van der Waals surface area contributed by atoms with Gasteiger partial charge in [0.15, 0.2) is 0 Å². The number of ether oxygens (including phenoxy) is 1. The van der Waals surface area contributed by atoms with Crippen LogP contribution >= 0.6 is 0 Å². The van der Waals surface area contributed by atoms with Crippen molar-refractivity contribution in [3.05, 3.63) is 24.2 Å². The molecule has 1 rings (SSSR count). The van der Waals surface area contributed by atoms with Crippen LogP contribution in [0.1, 0.15) is 12.7 Å². The van der Waals surface area contributed by atoms with Crippen LogP contribution in [0.3, 0.4) is 0 Å². The first-order chi connectivity index (χ1) is 7.74. The van der Waals surface area contributed by atoms with E-state index in [-0.39, 0.29) is 0 Å². The van der Waals surface area contributed by atoms with E-state index in [1.54, 1.807) is 13.4 Å². The number of nitrogens with zero attached hydrogens (tertiary/aromatic N) is 1. The van der Waals surface area contributed by atoms with E-state index in [0.29, 0.717) is 6.04 Å². The smallest absolute Gasteiger partial charge is 0.117 e. The Hall–Kier alpha value is -0.840. The van der Waals surface area contributed by atoms with Crippen LogP contribution in [-0.2, 0) is 11.3 Å². The zero-order valence-electron chi connectivity index (χ0n) is 10.4. The summed E-state index contributed by atoms with van der Waals surface area (Å²) in [6.45, 7) is 5.66. The highest BCUT2D eigenvalue weighted by Crippen LogP contribution is 2.06. The molecular formula is C12H22N2O2. The summed E-state index contributed by atoms with van der Waals surface area (Å²) in [7, 11) is 3.82. The largest absolute Gasteiger partial charge is 0.468 e. The van der Waals surface area contributed by atoms with Crippen LogP contribution in [0.25, 0.3) is 0 Å². The van der Waals surface area contributed by atoms with Gasteiger partial charge in [-0.2, -0.15) is 0 Å². The van der Waals surface area contributed by atoms with Crippen molar-refractivity contribution in [3.8, 4) is 0 Å². The van der Waals surface area contributed by atoms with Crippen molar-refractivity contribution in [3.63, 3.8) is 0 Å². The standard InChI is InChI=1S/C12H22N2O2/c1-11(9-13-6-8-15-3)14(2)10-12-5-4-7-16-12/h4-5,7,11,13H,6,8-10H2,1-3H3. The summed E-state index contributed by atoms with van der Waals surface area (Å²) in [6.07, 6.45) is 1.71. The van der Waals surface area contributed by atoms with Crippen molar-refractivity contribution in [1.29, 1.82) is 0 Å². The number of hydrogen-bond donors (Lipinski definition) is 1. The number of rotatable bonds is 8. The maximum atomic E-state index is 5.32. The van der Waals surface area contributed by atoms with Crippen molar-refractivity contribution in [2.24, 2.45) is 0 Å². The van der Waals surface area contributed by atoms with Crippen molar-refractivity contribution >= 4 is 0 Å². The van der Waals surface area contributed by atoms with Crippen LogP contribution in [-0.4, -0.2) is 44.8 Å². The van der Waals surface area contributed by atoms with Crippen molar-refractivity contribution < 1.29 is 9.15 Å². The van der Waals surface area contributed by atoms with E-state index in [9.17, 15) is 0 Å². The normalized spacial score (nSPS) is 13.2. The molecule has 1 aromatic heterocycles. The van der Waals surface area contributed by atoms with Crippen LogP contribution in [0.15, 0.2) is 22.8 Å². The summed E-state index contributed by atoms with van der Waals surface area (Å²) in [5, 5.41) is 3.35. The summed E-state index contributed by atoms with van der Waals surface area (Å²) in [6, 6.07) is 4.40. The zero-order valence-corrected chi connectivity index (χ0v) is 10.4. The minimum Gasteiger partial charge on any atom is -0.468 e. The molecule has 0 spiro atoms. The van der Waals surface area contributed by atoms with Gasteiger partial charge in [-0.1, -0.05) is 0 Å². The predicted octanol–water partition coefficient (Wildman–Crippen LogP) is 1.34. The fourth-order valence-electron chi connectivity index (χ4n) is 1.45. The number of likely N-dealkylation sites (N-methyl/N-ethyl adjacent to an activating group) is 1. The molecule has 0 amide bonds. The third-order valence-corrected chi connectivity index (χ3v) is 2.66. The molecular weight excluding hydrogens is 204 g/mol. The lowest BCUT2D eigenvalue weighted by Gasteiger charge is -2.23. The third kappa shape index (κ3) is 4.79. The Bertz CT molecular complexity index is 262. The molecule has 1 unspecified atom stereocenters. The van der Waals surface area contributed by atoms with Crippen LogP contribution in [0.5, 0.6) is 0 Å². The molecule has 0 radical (unpaired) electrons. The van der Waals surface area contributed by atoms with Gasteiger partial charge >= 0.3 is 0 Å². The molecule has 92 valence electrons. The van der Waals surface area contributed by atoms with Gasteiger partial charge in [0, 0.05) is 26.2 Å². The Morgan fingerprint density at radius 1 is 1.56 bits per heavy atom. The third-order valence-electron chi connectivity index (χ3n) is 2.66. The van der Waals surface area contributed by atoms with Gasteiger partial charge in [0.25, 0.3) is 0 Å². The fraction of sp³-hybridized carbons (Fsp3) is 0.667. The monoisotopic (exact) mass is 226 g/mol. The molecule has 16 heavy (non-hydrogen) atoms. The minimum absolute atomic E-state index is 0.474. The Balaban J connectivity index is 2.17. The number of hydrogen-bond acceptors (Lipinski definition) is 4. The first-order valence-electron chi connectivity index (χ1n) is 5.66. The van der Waals surface area contributed by atoms with Crippen LogP contribution in [0, 0.1) is 0 Å². The maximum Gasteiger partial charge on any atom is 0.117 e. The molecule has 0 aromatic carbocycles. The Labute approximate surface area is 97.6 Å². The van der Waals surface area contributed by atoms with Crippen LogP contribution in [0.2, 0.25) is 0 Å². The molecule has 0 bridgehead atoms. The molecule has 1 heterocycles. The van der Waals surface area contributed by atoms with E-state index >= 15 is 0 Å². The van der Waals surface area contributed by atoms with Crippen molar-refractivity contribution in [2.75, 3.05) is 33.9 Å². The van der Waals surface area contributed by atoms with Crippen molar-refractivity contribution in [2.45, 2.75) is 19.5 Å². The molecule has 0 aliphatic carbocycles. The van der Waals surface area contributed by atoms with Gasteiger partial charge < -0.3 is 14.5 Å². The molecule has 4 heteroatoms. The topological polar surface area (TPSA) is 37.6 Å². The number of methoxy groups -OCH3 is 1.